The van der Waals surface area contributed by atoms with Gasteiger partial charge in [-0.1, -0.05) is 0 Å². The van der Waals surface area contributed by atoms with Crippen molar-refractivity contribution in [3.63, 3.8) is 0 Å². The van der Waals surface area contributed by atoms with Crippen LogP contribution in [0.1, 0.15) is 32.9 Å². The molecular formula is C15H24N6. The summed E-state index contributed by atoms with van der Waals surface area (Å²) in [6.07, 6.45) is 2.74. The van der Waals surface area contributed by atoms with Gasteiger partial charge < -0.3 is 4.90 Å². The van der Waals surface area contributed by atoms with Crippen LogP contribution in [0.2, 0.25) is 0 Å². The summed E-state index contributed by atoms with van der Waals surface area (Å²) in [7, 11) is 0. The minimum atomic E-state index is 0.229. The number of aryl methyl sites for hydroxylation is 1. The van der Waals surface area contributed by atoms with E-state index < -0.39 is 0 Å². The molecule has 6 heteroatoms. The third-order valence-electron chi connectivity index (χ3n) is 4.13. The van der Waals surface area contributed by atoms with Gasteiger partial charge in [0, 0.05) is 43.5 Å². The van der Waals surface area contributed by atoms with E-state index in [2.05, 4.69) is 51.7 Å². The fraction of sp³-hybridized carbons (Fsp3) is 0.667. The Balaban J connectivity index is 1.88. The predicted octanol–water partition coefficient (Wildman–Crippen LogP) is 1.74. The highest BCUT2D eigenvalue weighted by molar-refractivity contribution is 5.47. The van der Waals surface area contributed by atoms with Crippen LogP contribution in [0, 0.1) is 6.92 Å². The van der Waals surface area contributed by atoms with E-state index in [1.807, 2.05) is 11.4 Å². The standard InChI is InChI=1S/C15H24N6/c1-12-10-13(21-14(18-12)16-11-17-21)19-6-5-7-20(9-8-19)15(2,3)4/h10-11H,5-9H2,1-4H3. The molecule has 0 amide bonds. The van der Waals surface area contributed by atoms with E-state index in [0.717, 1.165) is 44.1 Å². The molecule has 2 aromatic rings. The first kappa shape index (κ1) is 14.3. The lowest BCUT2D eigenvalue weighted by Gasteiger charge is -2.34. The van der Waals surface area contributed by atoms with Gasteiger partial charge in [0.15, 0.2) is 0 Å². The molecule has 1 aliphatic heterocycles. The average molecular weight is 288 g/mol. The molecule has 1 aliphatic rings. The summed E-state index contributed by atoms with van der Waals surface area (Å²) in [5, 5.41) is 4.32. The van der Waals surface area contributed by atoms with E-state index in [0.29, 0.717) is 5.78 Å². The lowest BCUT2D eigenvalue weighted by Crippen LogP contribution is -2.43. The van der Waals surface area contributed by atoms with Crippen LogP contribution in [0.3, 0.4) is 0 Å². The van der Waals surface area contributed by atoms with Crippen LogP contribution in [-0.4, -0.2) is 56.2 Å². The summed E-state index contributed by atoms with van der Waals surface area (Å²) in [4.78, 5) is 13.6. The quantitative estimate of drug-likeness (QED) is 0.800. The van der Waals surface area contributed by atoms with Crippen LogP contribution >= 0.6 is 0 Å². The van der Waals surface area contributed by atoms with Crippen molar-refractivity contribution in [2.45, 2.75) is 39.7 Å². The van der Waals surface area contributed by atoms with Gasteiger partial charge in [-0.3, -0.25) is 4.90 Å². The van der Waals surface area contributed by atoms with Crippen LogP contribution in [0.15, 0.2) is 12.4 Å². The number of fused-ring (bicyclic) bond motifs is 1. The van der Waals surface area contributed by atoms with E-state index in [1.54, 1.807) is 6.33 Å². The summed E-state index contributed by atoms with van der Waals surface area (Å²) in [6.45, 7) is 13.1. The molecule has 0 spiro atoms. The molecule has 21 heavy (non-hydrogen) atoms. The van der Waals surface area contributed by atoms with Gasteiger partial charge in [-0.25, -0.2) is 4.98 Å². The third-order valence-corrected chi connectivity index (χ3v) is 4.13. The molecule has 0 unspecified atom stereocenters. The maximum atomic E-state index is 4.42. The van der Waals surface area contributed by atoms with E-state index in [1.165, 1.54) is 0 Å². The van der Waals surface area contributed by atoms with Crippen molar-refractivity contribution in [3.8, 4) is 0 Å². The van der Waals surface area contributed by atoms with Crippen molar-refractivity contribution in [2.24, 2.45) is 0 Å². The Hall–Kier alpha value is -1.69. The van der Waals surface area contributed by atoms with Crippen molar-refractivity contribution in [1.29, 1.82) is 0 Å². The first-order valence-electron chi connectivity index (χ1n) is 7.62. The fourth-order valence-electron chi connectivity index (χ4n) is 2.95. The summed E-state index contributed by atoms with van der Waals surface area (Å²) in [6, 6.07) is 2.11. The molecule has 2 aromatic heterocycles. The zero-order chi connectivity index (χ0) is 15.0. The van der Waals surface area contributed by atoms with Crippen molar-refractivity contribution in [1.82, 2.24) is 24.5 Å². The Morgan fingerprint density at radius 3 is 2.67 bits per heavy atom. The molecule has 0 saturated carbocycles. The molecule has 0 N–H and O–H groups in total. The number of hydrogen-bond donors (Lipinski definition) is 0. The zero-order valence-corrected chi connectivity index (χ0v) is 13.4. The van der Waals surface area contributed by atoms with Crippen molar-refractivity contribution < 1.29 is 0 Å². The summed E-state index contributed by atoms with van der Waals surface area (Å²) < 4.78 is 1.85. The smallest absolute Gasteiger partial charge is 0.254 e. The molecule has 1 fully saturated rings. The van der Waals surface area contributed by atoms with Crippen LogP contribution in [0.5, 0.6) is 0 Å². The normalized spacial score (nSPS) is 18.2. The number of hydrogen-bond acceptors (Lipinski definition) is 5. The third kappa shape index (κ3) is 2.85. The highest BCUT2D eigenvalue weighted by atomic mass is 15.4. The minimum absolute atomic E-state index is 0.229. The maximum absolute atomic E-state index is 4.42. The fourth-order valence-corrected chi connectivity index (χ4v) is 2.95. The number of nitrogens with zero attached hydrogens (tertiary/aromatic N) is 6. The van der Waals surface area contributed by atoms with E-state index in [4.69, 9.17) is 0 Å². The lowest BCUT2D eigenvalue weighted by molar-refractivity contribution is 0.148. The Labute approximate surface area is 125 Å². The molecule has 6 nitrogen and oxygen atoms in total. The topological polar surface area (TPSA) is 49.6 Å². The highest BCUT2D eigenvalue weighted by Crippen LogP contribution is 2.21. The number of aromatic nitrogens is 4. The minimum Gasteiger partial charge on any atom is -0.355 e. The largest absolute Gasteiger partial charge is 0.355 e. The molecule has 0 aromatic carbocycles. The molecule has 0 bridgehead atoms. The number of rotatable bonds is 1. The molecule has 0 atom stereocenters. The van der Waals surface area contributed by atoms with E-state index in [9.17, 15) is 0 Å². The average Bonchev–Trinajstić information content (AvgIpc) is 2.71. The molecule has 3 rings (SSSR count). The van der Waals surface area contributed by atoms with Crippen LogP contribution in [0.4, 0.5) is 5.82 Å². The van der Waals surface area contributed by atoms with Gasteiger partial charge in [0.1, 0.15) is 12.1 Å². The highest BCUT2D eigenvalue weighted by Gasteiger charge is 2.25. The second kappa shape index (κ2) is 5.26. The number of anilines is 1. The van der Waals surface area contributed by atoms with E-state index >= 15 is 0 Å². The molecule has 114 valence electrons. The monoisotopic (exact) mass is 288 g/mol. The summed E-state index contributed by atoms with van der Waals surface area (Å²) >= 11 is 0. The Bertz CT molecular complexity index is 627. The van der Waals surface area contributed by atoms with Gasteiger partial charge in [0.2, 0.25) is 0 Å². The van der Waals surface area contributed by atoms with Crippen molar-refractivity contribution in [2.75, 3.05) is 31.1 Å². The Kier molecular flexibility index (Phi) is 3.57. The van der Waals surface area contributed by atoms with Crippen molar-refractivity contribution in [3.05, 3.63) is 18.1 Å². The SMILES string of the molecule is Cc1cc(N2CCCN(C(C)(C)C)CC2)n2ncnc2n1. The van der Waals surface area contributed by atoms with Gasteiger partial charge in [0.05, 0.1) is 0 Å². The van der Waals surface area contributed by atoms with E-state index in [-0.39, 0.29) is 5.54 Å². The Morgan fingerprint density at radius 2 is 1.90 bits per heavy atom. The predicted molar refractivity (Wildman–Crippen MR) is 83.7 cm³/mol. The zero-order valence-electron chi connectivity index (χ0n) is 13.4. The van der Waals surface area contributed by atoms with Gasteiger partial charge in [-0.05, 0) is 34.1 Å². The second-order valence-corrected chi connectivity index (χ2v) is 6.73. The van der Waals surface area contributed by atoms with Gasteiger partial charge >= 0.3 is 0 Å². The van der Waals surface area contributed by atoms with Crippen LogP contribution < -0.4 is 4.90 Å². The van der Waals surface area contributed by atoms with Crippen molar-refractivity contribution >= 4 is 11.6 Å². The van der Waals surface area contributed by atoms with Gasteiger partial charge in [0.25, 0.3) is 5.78 Å². The first-order chi connectivity index (χ1) is 9.95. The Morgan fingerprint density at radius 1 is 1.10 bits per heavy atom. The molecule has 1 saturated heterocycles. The van der Waals surface area contributed by atoms with Gasteiger partial charge in [-0.15, -0.1) is 0 Å². The molecule has 0 aliphatic carbocycles. The lowest BCUT2D eigenvalue weighted by atomic mass is 10.1. The summed E-state index contributed by atoms with van der Waals surface area (Å²) in [5.41, 5.74) is 1.22. The summed E-state index contributed by atoms with van der Waals surface area (Å²) in [5.74, 6) is 1.78. The van der Waals surface area contributed by atoms with Crippen LogP contribution in [-0.2, 0) is 0 Å². The maximum Gasteiger partial charge on any atom is 0.254 e. The first-order valence-corrected chi connectivity index (χ1v) is 7.62. The van der Waals surface area contributed by atoms with Gasteiger partial charge in [-0.2, -0.15) is 14.6 Å². The second-order valence-electron chi connectivity index (χ2n) is 6.73. The molecule has 3 heterocycles. The van der Waals surface area contributed by atoms with Crippen LogP contribution in [0.25, 0.3) is 5.78 Å². The molecular weight excluding hydrogens is 264 g/mol. The molecule has 0 radical (unpaired) electrons.